The largest absolute Gasteiger partial charge is 0.310 e. The second-order valence-corrected chi connectivity index (χ2v) is 14.5. The van der Waals surface area contributed by atoms with Crippen molar-refractivity contribution >= 4 is 60.7 Å². The number of nitrogens with zero attached hydrogens (tertiary/aromatic N) is 3. The van der Waals surface area contributed by atoms with Gasteiger partial charge in [0.15, 0.2) is 0 Å². The van der Waals surface area contributed by atoms with Crippen molar-refractivity contribution < 1.29 is 0 Å². The van der Waals surface area contributed by atoms with Crippen LogP contribution in [-0.2, 0) is 0 Å². The highest BCUT2D eigenvalue weighted by Crippen LogP contribution is 2.44. The highest BCUT2D eigenvalue weighted by atomic mass is 15.1. The number of anilines is 3. The molecule has 11 aromatic rings. The highest BCUT2D eigenvalue weighted by molar-refractivity contribution is 6.17. The summed E-state index contributed by atoms with van der Waals surface area (Å²) in [5.41, 5.74) is 15.2. The maximum Gasteiger partial charge on any atom is 0.0562 e. The Hall–Kier alpha value is -7.62. The van der Waals surface area contributed by atoms with Gasteiger partial charge in [-0.3, -0.25) is 0 Å². The van der Waals surface area contributed by atoms with E-state index in [0.717, 1.165) is 34.0 Å². The van der Waals surface area contributed by atoms with Crippen molar-refractivity contribution in [3.63, 3.8) is 0 Å². The van der Waals surface area contributed by atoms with Crippen LogP contribution in [0.25, 0.3) is 77.2 Å². The predicted molar refractivity (Wildman–Crippen MR) is 241 cm³/mol. The second-order valence-electron chi connectivity index (χ2n) is 14.5. The molecule has 11 rings (SSSR count). The second kappa shape index (κ2) is 13.6. The molecule has 0 radical (unpaired) electrons. The molecule has 57 heavy (non-hydrogen) atoms. The number of rotatable bonds is 7. The summed E-state index contributed by atoms with van der Waals surface area (Å²) in [5.74, 6) is 0. The molecule has 0 unspecified atom stereocenters. The Kier molecular flexibility index (Phi) is 7.82. The molecule has 0 saturated heterocycles. The van der Waals surface area contributed by atoms with Gasteiger partial charge in [0.25, 0.3) is 0 Å². The van der Waals surface area contributed by atoms with E-state index in [1.807, 2.05) is 0 Å². The van der Waals surface area contributed by atoms with Crippen LogP contribution in [0.3, 0.4) is 0 Å². The summed E-state index contributed by atoms with van der Waals surface area (Å²) in [5, 5.41) is 4.99. The van der Waals surface area contributed by atoms with Gasteiger partial charge in [0.2, 0.25) is 0 Å². The van der Waals surface area contributed by atoms with Crippen molar-refractivity contribution in [2.24, 2.45) is 0 Å². The van der Waals surface area contributed by atoms with Crippen LogP contribution in [0.5, 0.6) is 0 Å². The van der Waals surface area contributed by atoms with Crippen molar-refractivity contribution in [2.45, 2.75) is 0 Å². The minimum Gasteiger partial charge on any atom is -0.310 e. The Morgan fingerprint density at radius 1 is 0.281 bits per heavy atom. The monoisotopic (exact) mass is 727 g/mol. The molecule has 0 aliphatic heterocycles. The molecule has 0 atom stereocenters. The number of para-hydroxylation sites is 4. The Morgan fingerprint density at radius 2 is 0.719 bits per heavy atom. The molecule has 0 aliphatic rings. The zero-order valence-corrected chi connectivity index (χ0v) is 31.2. The summed E-state index contributed by atoms with van der Waals surface area (Å²) in [7, 11) is 0. The molecule has 0 amide bonds. The van der Waals surface area contributed by atoms with Crippen LogP contribution in [0.2, 0.25) is 0 Å². The van der Waals surface area contributed by atoms with Gasteiger partial charge >= 0.3 is 0 Å². The van der Waals surface area contributed by atoms with Gasteiger partial charge in [0, 0.05) is 50.0 Å². The number of aromatic nitrogens is 2. The third-order valence-corrected chi connectivity index (χ3v) is 11.3. The Bertz CT molecular complexity index is 3200. The lowest BCUT2D eigenvalue weighted by Crippen LogP contribution is -2.10. The summed E-state index contributed by atoms with van der Waals surface area (Å²) in [6, 6.07) is 81.0. The zero-order chi connectivity index (χ0) is 37.7. The lowest BCUT2D eigenvalue weighted by atomic mass is 9.98. The average molecular weight is 728 g/mol. The van der Waals surface area contributed by atoms with Crippen molar-refractivity contribution in [3.05, 3.63) is 224 Å². The molecule has 2 heterocycles. The van der Waals surface area contributed by atoms with Gasteiger partial charge in [-0.25, -0.2) is 0 Å². The molecule has 0 aliphatic carbocycles. The molecule has 0 saturated carbocycles. The van der Waals surface area contributed by atoms with Crippen molar-refractivity contribution in [1.29, 1.82) is 0 Å². The molecule has 268 valence electrons. The highest BCUT2D eigenvalue weighted by Gasteiger charge is 2.21. The van der Waals surface area contributed by atoms with Gasteiger partial charge in [-0.05, 0) is 101 Å². The molecule has 3 heteroatoms. The molecule has 9 aromatic carbocycles. The summed E-state index contributed by atoms with van der Waals surface area (Å²) in [4.78, 5) is 2.37. The smallest absolute Gasteiger partial charge is 0.0562 e. The standard InChI is InChI=1S/C54H37N3/c1-5-17-38(18-6-1)45-26-15-30-51-54(45)48-36-35-44(37-52(48)57(51)42-23-11-4-12-24-42)55(40-19-7-2-8-20-40)43-33-31-39(32-34-43)46-27-16-29-50-53(46)47-25-13-14-28-49(47)56(50)41-21-9-3-10-22-41/h1-37H. The van der Waals surface area contributed by atoms with Crippen LogP contribution in [0.4, 0.5) is 17.1 Å². The van der Waals surface area contributed by atoms with E-state index >= 15 is 0 Å². The number of hydrogen-bond donors (Lipinski definition) is 0. The first kappa shape index (κ1) is 32.8. The van der Waals surface area contributed by atoms with Crippen molar-refractivity contribution in [1.82, 2.24) is 9.13 Å². The average Bonchev–Trinajstić information content (AvgIpc) is 3.81. The van der Waals surface area contributed by atoms with Gasteiger partial charge < -0.3 is 14.0 Å². The van der Waals surface area contributed by atoms with E-state index in [1.54, 1.807) is 0 Å². The van der Waals surface area contributed by atoms with E-state index in [-0.39, 0.29) is 0 Å². The summed E-state index contributed by atoms with van der Waals surface area (Å²) in [6.07, 6.45) is 0. The third-order valence-electron chi connectivity index (χ3n) is 11.3. The van der Waals surface area contributed by atoms with Gasteiger partial charge in [-0.1, -0.05) is 146 Å². The summed E-state index contributed by atoms with van der Waals surface area (Å²) in [6.45, 7) is 0. The quantitative estimate of drug-likeness (QED) is 0.159. The van der Waals surface area contributed by atoms with E-state index < -0.39 is 0 Å². The number of benzene rings is 9. The fourth-order valence-corrected chi connectivity index (χ4v) is 8.84. The Balaban J connectivity index is 1.08. The van der Waals surface area contributed by atoms with E-state index in [1.165, 1.54) is 60.3 Å². The lowest BCUT2D eigenvalue weighted by molar-refractivity contribution is 1.18. The first-order valence-corrected chi connectivity index (χ1v) is 19.5. The molecule has 0 N–H and O–H groups in total. The fourth-order valence-electron chi connectivity index (χ4n) is 8.84. The first-order valence-electron chi connectivity index (χ1n) is 19.5. The molecular weight excluding hydrogens is 691 g/mol. The fraction of sp³-hybridized carbons (Fsp3) is 0. The lowest BCUT2D eigenvalue weighted by Gasteiger charge is -2.26. The predicted octanol–water partition coefficient (Wildman–Crippen LogP) is 14.7. The summed E-state index contributed by atoms with van der Waals surface area (Å²) >= 11 is 0. The first-order chi connectivity index (χ1) is 28.3. The SMILES string of the molecule is c1ccc(-c2cccc3c2c2ccc(N(c4ccccc4)c4ccc(-c5cccc6c5c5ccccc5n6-c5ccccc5)cc4)cc2n3-c2ccccc2)cc1. The maximum absolute atomic E-state index is 2.42. The maximum atomic E-state index is 2.42. The van der Waals surface area contributed by atoms with E-state index in [9.17, 15) is 0 Å². The van der Waals surface area contributed by atoms with Crippen molar-refractivity contribution in [3.8, 4) is 33.6 Å². The summed E-state index contributed by atoms with van der Waals surface area (Å²) < 4.78 is 4.80. The van der Waals surface area contributed by atoms with Crippen LogP contribution < -0.4 is 4.90 Å². The molecule has 0 fully saturated rings. The van der Waals surface area contributed by atoms with Crippen LogP contribution in [0.1, 0.15) is 0 Å². The van der Waals surface area contributed by atoms with Gasteiger partial charge in [0.05, 0.1) is 22.1 Å². The minimum atomic E-state index is 1.09. The van der Waals surface area contributed by atoms with Crippen LogP contribution in [0.15, 0.2) is 224 Å². The third kappa shape index (κ3) is 5.43. The molecule has 3 nitrogen and oxygen atoms in total. The Morgan fingerprint density at radius 3 is 1.33 bits per heavy atom. The van der Waals surface area contributed by atoms with Gasteiger partial charge in [-0.2, -0.15) is 0 Å². The molecule has 2 aromatic heterocycles. The zero-order valence-electron chi connectivity index (χ0n) is 31.2. The van der Waals surface area contributed by atoms with E-state index in [2.05, 4.69) is 238 Å². The van der Waals surface area contributed by atoms with Gasteiger partial charge in [0.1, 0.15) is 0 Å². The van der Waals surface area contributed by atoms with Crippen LogP contribution in [-0.4, -0.2) is 9.13 Å². The molecular formula is C54H37N3. The normalized spacial score (nSPS) is 11.5. The Labute approximate surface area is 331 Å². The van der Waals surface area contributed by atoms with Crippen LogP contribution >= 0.6 is 0 Å². The van der Waals surface area contributed by atoms with E-state index in [4.69, 9.17) is 0 Å². The van der Waals surface area contributed by atoms with Gasteiger partial charge in [-0.15, -0.1) is 0 Å². The molecule has 0 bridgehead atoms. The minimum absolute atomic E-state index is 1.09. The van der Waals surface area contributed by atoms with E-state index in [0.29, 0.717) is 0 Å². The molecule has 0 spiro atoms. The van der Waals surface area contributed by atoms with Crippen molar-refractivity contribution in [2.75, 3.05) is 4.90 Å². The van der Waals surface area contributed by atoms with Crippen LogP contribution in [0, 0.1) is 0 Å². The number of fused-ring (bicyclic) bond motifs is 6. The number of hydrogen-bond acceptors (Lipinski definition) is 1. The topological polar surface area (TPSA) is 13.1 Å².